The van der Waals surface area contributed by atoms with E-state index < -0.39 is 62.1 Å². The molecule has 117 heavy (non-hydrogen) atoms. The summed E-state index contributed by atoms with van der Waals surface area (Å²) >= 11 is 0. The minimum Gasteiger partial charge on any atom is -0.0654 e. The van der Waals surface area contributed by atoms with Crippen LogP contribution in [-0.4, -0.2) is 175 Å². The SMILES string of the molecule is C=CCOC(CC)(OCC=C)C(C)O.C=CCOC(CC)(OCC=C)C(C)O.C=CCOC(CC)(OCC=C)C(C)O.C=CCOC(CC)(OCC=C)C(C)O.CCCCCCCCCCCCCP(O)(O)(O)CCCCCCCCCCCCC.CCCCCCCCCCCCCP(O)(O)(O)CCCCCCCCCCCCC.[Ti]. The Kier molecular flexibility index (Phi) is 95.7. The van der Waals surface area contributed by atoms with E-state index in [4.69, 9.17) is 37.9 Å². The van der Waals surface area contributed by atoms with Crippen molar-refractivity contribution in [1.82, 2.24) is 0 Å². The normalized spacial score (nSPS) is 13.4. The molecule has 0 aliphatic carbocycles. The average molecular weight is 1750 g/mol. The molecule has 0 amide bonds. The van der Waals surface area contributed by atoms with Crippen LogP contribution >= 0.6 is 14.6 Å². The molecule has 0 heterocycles. The van der Waals surface area contributed by atoms with E-state index in [9.17, 15) is 49.8 Å². The summed E-state index contributed by atoms with van der Waals surface area (Å²) in [5.41, 5.74) is 0. The number of ether oxygens (including phenoxy) is 8. The number of rotatable bonds is 80. The molecule has 21 heteroatoms. The van der Waals surface area contributed by atoms with Crippen molar-refractivity contribution in [3.05, 3.63) is 101 Å². The Balaban J connectivity index is -0.000000258. The molecule has 18 nitrogen and oxygen atoms in total. The van der Waals surface area contributed by atoms with Crippen molar-refractivity contribution < 1.29 is 109 Å². The molecule has 10 N–H and O–H groups in total. The van der Waals surface area contributed by atoms with Crippen LogP contribution < -0.4 is 0 Å². The van der Waals surface area contributed by atoms with Crippen LogP contribution in [0.4, 0.5) is 0 Å². The zero-order valence-electron chi connectivity index (χ0n) is 78.1. The molecular weight excluding hydrogens is 1550 g/mol. The Labute approximate surface area is 737 Å². The third kappa shape index (κ3) is 80.4. The first-order valence-corrected chi connectivity index (χ1v) is 51.4. The van der Waals surface area contributed by atoms with Gasteiger partial charge in [-0.2, -0.15) is 0 Å². The molecule has 0 spiro atoms. The molecule has 0 saturated heterocycles. The van der Waals surface area contributed by atoms with Crippen molar-refractivity contribution in [2.24, 2.45) is 0 Å². The van der Waals surface area contributed by atoms with Gasteiger partial charge in [-0.25, -0.2) is 0 Å². The van der Waals surface area contributed by atoms with Gasteiger partial charge in [0, 0.05) is 47.4 Å². The third-order valence-electron chi connectivity index (χ3n) is 21.0. The molecule has 4 atom stereocenters. The van der Waals surface area contributed by atoms with Gasteiger partial charge < -0.3 is 58.3 Å². The fraction of sp³-hybridized carbons (Fsp3) is 0.833. The summed E-state index contributed by atoms with van der Waals surface area (Å²) in [7, 11) is -8.73. The van der Waals surface area contributed by atoms with E-state index in [0.29, 0.717) is 78.5 Å². The second kappa shape index (κ2) is 86.9. The van der Waals surface area contributed by atoms with E-state index in [1.165, 1.54) is 205 Å². The molecule has 0 aliphatic rings. The van der Waals surface area contributed by atoms with Crippen LogP contribution in [0, 0.1) is 0 Å². The molecule has 0 aliphatic heterocycles. The van der Waals surface area contributed by atoms with E-state index in [0.717, 1.165) is 77.0 Å². The predicted octanol–water partition coefficient (Wildman–Crippen LogP) is 25.3. The standard InChI is InChI=1S/2C26H57O3P.4C11H20O3.Ti/c2*1-3-5-7-9-11-13-15-17-19-21-23-25-30(27,28,29)26-24-22-20-18-16-14-12-10-8-6-4-2;4*1-5-8-13-11(7-3,10(4)12)14-9-6-2;/h2*27-29H,3-26H2,1-2H3;4*5-6,10,12H,1-2,7-9H2,3-4H3;. The molecule has 0 saturated carbocycles. The quantitative estimate of drug-likeness (QED) is 0.00891. The summed E-state index contributed by atoms with van der Waals surface area (Å²) in [5.74, 6) is -3.77. The first kappa shape index (κ1) is 129. The van der Waals surface area contributed by atoms with E-state index >= 15 is 0 Å². The zero-order valence-corrected chi connectivity index (χ0v) is 81.5. The van der Waals surface area contributed by atoms with Crippen molar-refractivity contribution in [2.75, 3.05) is 77.5 Å². The van der Waals surface area contributed by atoms with Crippen molar-refractivity contribution in [1.29, 1.82) is 0 Å². The summed E-state index contributed by atoms with van der Waals surface area (Å²) < 4.78 is 43.6. The molecule has 0 aromatic carbocycles. The molecule has 0 fully saturated rings. The third-order valence-corrected chi connectivity index (χ3v) is 25.9. The molecule has 0 bridgehead atoms. The van der Waals surface area contributed by atoms with Crippen molar-refractivity contribution in [2.45, 2.75) is 439 Å². The van der Waals surface area contributed by atoms with Gasteiger partial charge in [0.25, 0.3) is 0 Å². The van der Waals surface area contributed by atoms with Gasteiger partial charge in [-0.05, 0) is 27.7 Å². The molecule has 0 radical (unpaired) electrons. The van der Waals surface area contributed by atoms with Crippen LogP contribution in [0.3, 0.4) is 0 Å². The van der Waals surface area contributed by atoms with Gasteiger partial charge in [0.2, 0.25) is 0 Å². The van der Waals surface area contributed by atoms with Gasteiger partial charge in [-0.1, -0.05) is 104 Å². The Hall–Kier alpha value is -1.23. The van der Waals surface area contributed by atoms with Crippen LogP contribution in [0.25, 0.3) is 0 Å². The number of unbranched alkanes of at least 4 members (excludes halogenated alkanes) is 40. The van der Waals surface area contributed by atoms with Crippen LogP contribution in [0.1, 0.15) is 391 Å². The Morgan fingerprint density at radius 3 is 0.402 bits per heavy atom. The Morgan fingerprint density at radius 2 is 0.316 bits per heavy atom. The summed E-state index contributed by atoms with van der Waals surface area (Å²) in [5, 5.41) is 38.4. The van der Waals surface area contributed by atoms with Crippen molar-refractivity contribution in [3.63, 3.8) is 0 Å². The molecule has 0 rings (SSSR count). The van der Waals surface area contributed by atoms with Gasteiger partial charge in [0.05, 0.1) is 52.9 Å². The maximum absolute atomic E-state index is 10.3. The summed E-state index contributed by atoms with van der Waals surface area (Å²) in [6, 6.07) is 0. The topological polar surface area (TPSA) is 276 Å². The zero-order chi connectivity index (χ0) is 88.9. The van der Waals surface area contributed by atoms with Crippen LogP contribution in [0.5, 0.6) is 0 Å². The van der Waals surface area contributed by atoms with Gasteiger partial charge in [0.15, 0.2) is 23.1 Å². The minimum absolute atomic E-state index is 0. The maximum atomic E-state index is 10.3. The minimum atomic E-state index is -4.36. The van der Waals surface area contributed by atoms with Crippen LogP contribution in [0.15, 0.2) is 101 Å². The summed E-state index contributed by atoms with van der Waals surface area (Å²) in [4.78, 5) is 61.9. The number of aliphatic hydroxyl groups is 4. The summed E-state index contributed by atoms with van der Waals surface area (Å²) in [6.07, 6.45) is 67.7. The van der Waals surface area contributed by atoms with Crippen LogP contribution in [-0.2, 0) is 59.6 Å². The summed E-state index contributed by atoms with van der Waals surface area (Å²) in [6.45, 7) is 54.5. The second-order valence-corrected chi connectivity index (χ2v) is 39.0. The predicted molar refractivity (Wildman–Crippen MR) is 500 cm³/mol. The molecule has 0 aromatic heterocycles. The Morgan fingerprint density at radius 1 is 0.214 bits per heavy atom. The number of aliphatic hydroxyl groups excluding tert-OH is 4. The fourth-order valence-corrected chi connectivity index (χ4v) is 17.3. The van der Waals surface area contributed by atoms with Crippen LogP contribution in [0.2, 0.25) is 0 Å². The fourth-order valence-electron chi connectivity index (χ4n) is 13.4. The second-order valence-electron chi connectivity index (χ2n) is 31.9. The van der Waals surface area contributed by atoms with Gasteiger partial charge in [-0.15, -0.1) is 52.6 Å². The first-order chi connectivity index (χ1) is 55.3. The molecule has 700 valence electrons. The Bertz CT molecular complexity index is 1830. The van der Waals surface area contributed by atoms with E-state index in [-0.39, 0.29) is 46.4 Å². The van der Waals surface area contributed by atoms with E-state index in [2.05, 4.69) is 80.3 Å². The van der Waals surface area contributed by atoms with Gasteiger partial charge >= 0.3 is 351 Å². The number of hydrogen-bond donors (Lipinski definition) is 10. The smallest absolute Gasteiger partial charge is 0.0654 e. The van der Waals surface area contributed by atoms with E-state index in [1.54, 1.807) is 76.3 Å². The monoisotopic (exact) mass is 1750 g/mol. The van der Waals surface area contributed by atoms with Crippen molar-refractivity contribution in [3.8, 4) is 0 Å². The number of hydrogen-bond acceptors (Lipinski definition) is 18. The van der Waals surface area contributed by atoms with Gasteiger partial charge in [-0.3, -0.25) is 0 Å². The van der Waals surface area contributed by atoms with Crippen molar-refractivity contribution >= 4 is 14.6 Å². The van der Waals surface area contributed by atoms with Gasteiger partial charge in [0.1, 0.15) is 24.4 Å². The molecule has 4 unspecified atom stereocenters. The average Bonchev–Trinajstić information content (AvgIpc) is 0.840. The molecule has 0 aromatic rings. The molecular formula is C96H194O18P2Ti. The van der Waals surface area contributed by atoms with E-state index in [1.807, 2.05) is 27.7 Å². The first-order valence-electron chi connectivity index (χ1n) is 46.5.